The van der Waals surface area contributed by atoms with Gasteiger partial charge >= 0.3 is 0 Å². The summed E-state index contributed by atoms with van der Waals surface area (Å²) in [5.41, 5.74) is 4.96. The molecule has 0 spiro atoms. The average Bonchev–Trinajstić information content (AvgIpc) is 2.18. The zero-order valence-electron chi connectivity index (χ0n) is 7.01. The highest BCUT2D eigenvalue weighted by molar-refractivity contribution is 7.90. The summed E-state index contributed by atoms with van der Waals surface area (Å²) in [6.45, 7) is 0. The van der Waals surface area contributed by atoms with E-state index in [1.54, 1.807) is 18.2 Å². The molecule has 0 fully saturated rings. The molecule has 0 aliphatic rings. The Kier molecular flexibility index (Phi) is 2.97. The third-order valence-electron chi connectivity index (χ3n) is 1.44. The Labute approximate surface area is 86.8 Å². The van der Waals surface area contributed by atoms with Crippen molar-refractivity contribution in [2.75, 3.05) is 0 Å². The van der Waals surface area contributed by atoms with Crippen molar-refractivity contribution < 1.29 is 8.42 Å². The topological polar surface area (TPSA) is 87.2 Å². The van der Waals surface area contributed by atoms with E-state index in [2.05, 4.69) is 0 Å². The molecule has 1 aromatic carbocycles. The summed E-state index contributed by atoms with van der Waals surface area (Å²) in [4.78, 5) is -0.00907. The SMILES string of the molecule is N=C(N)N(Cl)S(=O)(=O)c1ccccc1. The molecule has 7 heteroatoms. The molecule has 0 aromatic heterocycles. The van der Waals surface area contributed by atoms with E-state index in [1.165, 1.54) is 12.1 Å². The number of nitrogens with zero attached hydrogens (tertiary/aromatic N) is 1. The van der Waals surface area contributed by atoms with E-state index < -0.39 is 16.0 Å². The summed E-state index contributed by atoms with van der Waals surface area (Å²) in [6, 6.07) is 7.52. The number of rotatable bonds is 2. The molecule has 5 nitrogen and oxygen atoms in total. The molecule has 0 aliphatic carbocycles. The molecule has 0 unspecified atom stereocenters. The Hall–Kier alpha value is -1.27. The van der Waals surface area contributed by atoms with Gasteiger partial charge in [0.2, 0.25) is 5.96 Å². The van der Waals surface area contributed by atoms with E-state index in [1.807, 2.05) is 0 Å². The van der Waals surface area contributed by atoms with Crippen LogP contribution in [0.15, 0.2) is 35.2 Å². The van der Waals surface area contributed by atoms with Crippen LogP contribution in [0.5, 0.6) is 0 Å². The molecule has 0 saturated heterocycles. The van der Waals surface area contributed by atoms with E-state index >= 15 is 0 Å². The minimum Gasteiger partial charge on any atom is -0.368 e. The van der Waals surface area contributed by atoms with Gasteiger partial charge in [-0.2, -0.15) is 8.42 Å². The van der Waals surface area contributed by atoms with Crippen molar-refractivity contribution in [3.05, 3.63) is 30.3 Å². The number of benzene rings is 1. The number of hydrogen-bond acceptors (Lipinski definition) is 3. The summed E-state index contributed by atoms with van der Waals surface area (Å²) in [5.74, 6) is -0.740. The van der Waals surface area contributed by atoms with Crippen LogP contribution in [0.3, 0.4) is 0 Å². The molecular weight excluding hydrogens is 226 g/mol. The van der Waals surface area contributed by atoms with Crippen molar-refractivity contribution >= 4 is 27.8 Å². The standard InChI is InChI=1S/C7H8ClN3O2S/c8-11(7(9)10)14(12,13)6-4-2-1-3-5-6/h1-5H,(H3,9,10). The number of nitrogens with one attached hydrogen (secondary N) is 1. The molecule has 1 aromatic rings. The van der Waals surface area contributed by atoms with Gasteiger partial charge < -0.3 is 5.73 Å². The molecule has 0 amide bonds. The van der Waals surface area contributed by atoms with Crippen LogP contribution in [-0.4, -0.2) is 18.2 Å². The second kappa shape index (κ2) is 3.85. The molecule has 0 aliphatic heterocycles. The van der Waals surface area contributed by atoms with Gasteiger partial charge in [-0.25, -0.2) is 0 Å². The Balaban J connectivity index is 3.16. The first-order valence-corrected chi connectivity index (χ1v) is 5.34. The maximum Gasteiger partial charge on any atom is 0.280 e. The lowest BCUT2D eigenvalue weighted by molar-refractivity contribution is 0.574. The van der Waals surface area contributed by atoms with Crippen LogP contribution in [0.2, 0.25) is 0 Å². The van der Waals surface area contributed by atoms with Gasteiger partial charge in [-0.15, -0.1) is 3.82 Å². The van der Waals surface area contributed by atoms with Crippen LogP contribution in [0.1, 0.15) is 0 Å². The number of halogens is 1. The number of nitrogens with two attached hydrogens (primary N) is 1. The van der Waals surface area contributed by atoms with Crippen LogP contribution < -0.4 is 5.73 Å². The van der Waals surface area contributed by atoms with Crippen molar-refractivity contribution in [3.63, 3.8) is 0 Å². The van der Waals surface area contributed by atoms with Gasteiger partial charge in [-0.3, -0.25) is 5.41 Å². The Morgan fingerprint density at radius 1 is 1.36 bits per heavy atom. The number of hydrogen-bond donors (Lipinski definition) is 2. The molecule has 14 heavy (non-hydrogen) atoms. The zero-order chi connectivity index (χ0) is 10.8. The van der Waals surface area contributed by atoms with E-state index in [-0.39, 0.29) is 8.72 Å². The third-order valence-corrected chi connectivity index (χ3v) is 3.66. The first-order valence-electron chi connectivity index (χ1n) is 3.56. The van der Waals surface area contributed by atoms with Gasteiger partial charge in [0.15, 0.2) is 0 Å². The highest BCUT2D eigenvalue weighted by Gasteiger charge is 2.23. The minimum atomic E-state index is -3.89. The Morgan fingerprint density at radius 2 is 1.86 bits per heavy atom. The predicted molar refractivity (Wildman–Crippen MR) is 53.2 cm³/mol. The minimum absolute atomic E-state index is 0.00907. The fourth-order valence-corrected chi connectivity index (χ4v) is 2.00. The van der Waals surface area contributed by atoms with Crippen LogP contribution in [0.25, 0.3) is 0 Å². The van der Waals surface area contributed by atoms with Crippen LogP contribution in [0.4, 0.5) is 0 Å². The summed E-state index contributed by atoms with van der Waals surface area (Å²) < 4.78 is 23.3. The Morgan fingerprint density at radius 3 is 2.29 bits per heavy atom. The van der Waals surface area contributed by atoms with Gasteiger partial charge in [0.25, 0.3) is 10.0 Å². The fourth-order valence-electron chi connectivity index (χ4n) is 0.814. The molecule has 0 atom stereocenters. The van der Waals surface area contributed by atoms with Crippen LogP contribution in [0, 0.1) is 5.41 Å². The molecule has 0 saturated carbocycles. The van der Waals surface area contributed by atoms with Crippen molar-refractivity contribution in [3.8, 4) is 0 Å². The maximum atomic E-state index is 11.5. The lowest BCUT2D eigenvalue weighted by Gasteiger charge is -2.12. The average molecular weight is 234 g/mol. The van der Waals surface area contributed by atoms with E-state index in [0.717, 1.165) is 0 Å². The van der Waals surface area contributed by atoms with Gasteiger partial charge in [0.05, 0.1) is 4.90 Å². The maximum absolute atomic E-state index is 11.5. The third kappa shape index (κ3) is 1.97. The first kappa shape index (κ1) is 10.8. The van der Waals surface area contributed by atoms with Gasteiger partial charge in [0.1, 0.15) is 0 Å². The molecular formula is C7H8ClN3O2S. The van der Waals surface area contributed by atoms with E-state index in [4.69, 9.17) is 22.9 Å². The zero-order valence-corrected chi connectivity index (χ0v) is 8.59. The summed E-state index contributed by atoms with van der Waals surface area (Å²) >= 11 is 5.34. The first-order chi connectivity index (χ1) is 6.46. The molecule has 0 heterocycles. The highest BCUT2D eigenvalue weighted by atomic mass is 35.5. The number of sulfonamides is 1. The smallest absolute Gasteiger partial charge is 0.280 e. The lowest BCUT2D eigenvalue weighted by Crippen LogP contribution is -2.33. The monoisotopic (exact) mass is 233 g/mol. The summed E-state index contributed by atoms with van der Waals surface area (Å²) in [7, 11) is -3.89. The van der Waals surface area contributed by atoms with E-state index in [0.29, 0.717) is 0 Å². The van der Waals surface area contributed by atoms with Gasteiger partial charge in [0, 0.05) is 11.8 Å². The largest absolute Gasteiger partial charge is 0.368 e. The number of guanidine groups is 1. The van der Waals surface area contributed by atoms with Crippen molar-refractivity contribution in [2.45, 2.75) is 4.90 Å². The quantitative estimate of drug-likeness (QED) is 0.448. The van der Waals surface area contributed by atoms with Crippen molar-refractivity contribution in [2.24, 2.45) is 5.73 Å². The van der Waals surface area contributed by atoms with E-state index in [9.17, 15) is 8.42 Å². The van der Waals surface area contributed by atoms with Crippen LogP contribution in [-0.2, 0) is 10.0 Å². The highest BCUT2D eigenvalue weighted by Crippen LogP contribution is 2.15. The van der Waals surface area contributed by atoms with Crippen molar-refractivity contribution in [1.29, 1.82) is 5.41 Å². The molecule has 3 N–H and O–H groups in total. The second-order valence-electron chi connectivity index (χ2n) is 2.42. The molecule has 0 radical (unpaired) electrons. The molecule has 0 bridgehead atoms. The summed E-state index contributed by atoms with van der Waals surface area (Å²) in [6.07, 6.45) is 0. The van der Waals surface area contributed by atoms with Crippen molar-refractivity contribution in [1.82, 2.24) is 3.82 Å². The van der Waals surface area contributed by atoms with Gasteiger partial charge in [-0.05, 0) is 12.1 Å². The van der Waals surface area contributed by atoms with Crippen LogP contribution >= 0.6 is 11.8 Å². The van der Waals surface area contributed by atoms with Gasteiger partial charge in [-0.1, -0.05) is 18.2 Å². The Bertz CT molecular complexity index is 432. The fraction of sp³-hybridized carbons (Fsp3) is 0. The molecule has 1 rings (SSSR count). The molecule has 76 valence electrons. The normalized spacial score (nSPS) is 10.9. The second-order valence-corrected chi connectivity index (χ2v) is 4.74. The predicted octanol–water partition coefficient (Wildman–Crippen LogP) is 0.725. The summed E-state index contributed by atoms with van der Waals surface area (Å²) in [5, 5.41) is 6.90. The lowest BCUT2D eigenvalue weighted by atomic mass is 10.4.